The van der Waals surface area contributed by atoms with Gasteiger partial charge in [0.2, 0.25) is 13.1 Å². The second-order valence-corrected chi connectivity index (χ2v) is 4.40. The van der Waals surface area contributed by atoms with Crippen LogP contribution in [0.15, 0.2) is 0 Å². The second-order valence-electron chi connectivity index (χ2n) is 4.40. The molecule has 0 aliphatic carbocycles. The van der Waals surface area contributed by atoms with E-state index in [1.165, 1.54) is 0 Å². The number of hydrogen-bond acceptors (Lipinski definition) is 12. The summed E-state index contributed by atoms with van der Waals surface area (Å²) in [7, 11) is 0. The van der Waals surface area contributed by atoms with Gasteiger partial charge in [0, 0.05) is 0 Å². The van der Waals surface area contributed by atoms with E-state index in [1.807, 2.05) is 0 Å². The Bertz CT molecular complexity index is 529. The number of rotatable bonds is 13. The highest BCUT2D eigenvalue weighted by Gasteiger charge is 2.41. The third-order valence-corrected chi connectivity index (χ3v) is 2.80. The molecule has 146 valence electrons. The fraction of sp³-hybridized carbons (Fsp3) is 1.00. The van der Waals surface area contributed by atoms with Gasteiger partial charge in [-0.2, -0.15) is 0 Å². The summed E-state index contributed by atoms with van der Waals surface area (Å²) in [5.74, 6) is 0. The Labute approximate surface area is 140 Å². The molecular formula is C6H10N8O12. The van der Waals surface area contributed by atoms with Crippen LogP contribution in [-0.4, -0.2) is 78.3 Å². The molecule has 0 aromatic carbocycles. The molecule has 0 unspecified atom stereocenters. The van der Waals surface area contributed by atoms with Crippen molar-refractivity contribution in [2.75, 3.05) is 26.2 Å². The first-order chi connectivity index (χ1) is 11.9. The Morgan fingerprint density at radius 3 is 0.923 bits per heavy atom. The molecule has 0 atom stereocenters. The summed E-state index contributed by atoms with van der Waals surface area (Å²) in [4.78, 5) is 57.8. The first-order valence-electron chi connectivity index (χ1n) is 6.21. The zero-order valence-corrected chi connectivity index (χ0v) is 12.5. The maximum atomic E-state index is 10.8. The fourth-order valence-corrected chi connectivity index (χ4v) is 1.51. The van der Waals surface area contributed by atoms with Crippen molar-refractivity contribution in [2.45, 2.75) is 12.3 Å². The van der Waals surface area contributed by atoms with Gasteiger partial charge in [-0.15, -0.1) is 10.0 Å². The molecule has 0 saturated heterocycles. The third-order valence-electron chi connectivity index (χ3n) is 2.80. The minimum absolute atomic E-state index is 0.0832. The molecule has 0 heterocycles. The zero-order valence-electron chi connectivity index (χ0n) is 12.5. The lowest BCUT2D eigenvalue weighted by Gasteiger charge is -2.17. The average molecular weight is 386 g/mol. The summed E-state index contributed by atoms with van der Waals surface area (Å²) in [6.45, 7) is -4.72. The molecule has 0 bridgehead atoms. The van der Waals surface area contributed by atoms with Crippen molar-refractivity contribution in [2.24, 2.45) is 0 Å². The molecule has 20 nitrogen and oxygen atoms in total. The van der Waals surface area contributed by atoms with E-state index in [9.17, 15) is 60.7 Å². The van der Waals surface area contributed by atoms with Gasteiger partial charge in [-0.05, 0) is 0 Å². The summed E-state index contributed by atoms with van der Waals surface area (Å²) in [6, 6.07) is 0. The molecule has 0 aliphatic rings. The van der Waals surface area contributed by atoms with Crippen LogP contribution in [0.1, 0.15) is 0 Å². The number of hydrogen-bond donors (Lipinski definition) is 0. The van der Waals surface area contributed by atoms with Crippen molar-refractivity contribution in [3.63, 3.8) is 0 Å². The standard InChI is InChI=1S/C6H10N8O12/c15-9(16)5(10(17)18)3-7(13(23)24)1-2-8(14(25)26)4-6(11(19)20)12(21)22/h5-6H,1-4H2. The van der Waals surface area contributed by atoms with Gasteiger partial charge in [0.1, 0.15) is 13.1 Å². The predicted octanol–water partition coefficient (Wildman–Crippen LogP) is -2.27. The van der Waals surface area contributed by atoms with Gasteiger partial charge in [-0.25, -0.2) is 20.2 Å². The van der Waals surface area contributed by atoms with Crippen LogP contribution in [0.4, 0.5) is 0 Å². The molecule has 0 spiro atoms. The topological polar surface area (TPSA) is 265 Å². The number of nitro groups is 6. The van der Waals surface area contributed by atoms with Crippen LogP contribution in [0.25, 0.3) is 0 Å². The highest BCUT2D eigenvalue weighted by Crippen LogP contribution is 2.02. The van der Waals surface area contributed by atoms with Crippen LogP contribution in [0.2, 0.25) is 0 Å². The first kappa shape index (κ1) is 22.0. The smallest absolute Gasteiger partial charge is 0.258 e. The van der Waals surface area contributed by atoms with Gasteiger partial charge in [0.15, 0.2) is 10.1 Å². The predicted molar refractivity (Wildman–Crippen MR) is 72.7 cm³/mol. The molecule has 0 rings (SSSR count). The van der Waals surface area contributed by atoms with Gasteiger partial charge in [0.25, 0.3) is 0 Å². The van der Waals surface area contributed by atoms with E-state index in [0.29, 0.717) is 0 Å². The van der Waals surface area contributed by atoms with E-state index < -0.39 is 68.3 Å². The summed E-state index contributed by atoms with van der Waals surface area (Å²) >= 11 is 0. The molecule has 0 N–H and O–H groups in total. The van der Waals surface area contributed by atoms with E-state index in [-0.39, 0.29) is 10.0 Å². The van der Waals surface area contributed by atoms with Crippen LogP contribution in [0, 0.1) is 60.7 Å². The number of hydrazine groups is 2. The van der Waals surface area contributed by atoms with Crippen molar-refractivity contribution in [3.8, 4) is 0 Å². The Morgan fingerprint density at radius 2 is 0.769 bits per heavy atom. The maximum absolute atomic E-state index is 10.8. The quantitative estimate of drug-likeness (QED) is 0.183. The summed E-state index contributed by atoms with van der Waals surface area (Å²) in [5, 5.41) is 60.8. The van der Waals surface area contributed by atoms with E-state index in [0.717, 1.165) is 0 Å². The Balaban J connectivity index is 5.16. The van der Waals surface area contributed by atoms with Crippen molar-refractivity contribution in [1.29, 1.82) is 0 Å². The van der Waals surface area contributed by atoms with E-state index >= 15 is 0 Å². The van der Waals surface area contributed by atoms with Crippen LogP contribution in [0.5, 0.6) is 0 Å². The second kappa shape index (κ2) is 9.33. The lowest BCUT2D eigenvalue weighted by molar-refractivity contribution is -0.765. The SMILES string of the molecule is O=[N+]([O-])C(CN(CCN(CC([N+](=O)[O-])[N+](=O)[O-])[N+](=O)[O-])[N+](=O)[O-])[N+](=O)[O-]. The lowest BCUT2D eigenvalue weighted by atomic mass is 10.4. The highest BCUT2D eigenvalue weighted by molar-refractivity contribution is 4.55. The summed E-state index contributed by atoms with van der Waals surface area (Å²) in [6.07, 6.45) is -5.20. The Hall–Kier alpha value is -4.00. The molecular weight excluding hydrogens is 376 g/mol. The van der Waals surface area contributed by atoms with Crippen molar-refractivity contribution in [1.82, 2.24) is 10.0 Å². The third kappa shape index (κ3) is 6.63. The van der Waals surface area contributed by atoms with Gasteiger partial charge in [-0.3, -0.25) is 40.5 Å². The highest BCUT2D eigenvalue weighted by atomic mass is 16.7. The van der Waals surface area contributed by atoms with Gasteiger partial charge < -0.3 is 0 Å². The van der Waals surface area contributed by atoms with Gasteiger partial charge >= 0.3 is 12.3 Å². The zero-order chi connectivity index (χ0) is 20.6. The summed E-state index contributed by atoms with van der Waals surface area (Å²) < 4.78 is 0. The van der Waals surface area contributed by atoms with Gasteiger partial charge in [-0.1, -0.05) is 0 Å². The van der Waals surface area contributed by atoms with Gasteiger partial charge in [0.05, 0.1) is 19.7 Å². The molecule has 0 aliphatic heterocycles. The van der Waals surface area contributed by atoms with Crippen molar-refractivity contribution >= 4 is 0 Å². The van der Waals surface area contributed by atoms with E-state index in [4.69, 9.17) is 0 Å². The van der Waals surface area contributed by atoms with Crippen molar-refractivity contribution in [3.05, 3.63) is 60.7 Å². The fourth-order valence-electron chi connectivity index (χ4n) is 1.51. The van der Waals surface area contributed by atoms with Crippen LogP contribution >= 0.6 is 0 Å². The minimum Gasteiger partial charge on any atom is -0.258 e. The Kier molecular flexibility index (Phi) is 7.90. The van der Waals surface area contributed by atoms with Crippen molar-refractivity contribution < 1.29 is 29.8 Å². The largest absolute Gasteiger partial charge is 0.473 e. The van der Waals surface area contributed by atoms with E-state index in [1.54, 1.807) is 0 Å². The average Bonchev–Trinajstić information content (AvgIpc) is 2.47. The minimum atomic E-state index is -2.60. The molecule has 0 fully saturated rings. The molecule has 0 aromatic rings. The van der Waals surface area contributed by atoms with Crippen LogP contribution in [-0.2, 0) is 0 Å². The van der Waals surface area contributed by atoms with Crippen LogP contribution < -0.4 is 0 Å². The Morgan fingerprint density at radius 1 is 0.538 bits per heavy atom. The first-order valence-corrected chi connectivity index (χ1v) is 6.21. The van der Waals surface area contributed by atoms with Crippen LogP contribution in [0.3, 0.4) is 0 Å². The van der Waals surface area contributed by atoms with E-state index in [2.05, 4.69) is 0 Å². The molecule has 20 heteroatoms. The normalized spacial score (nSPS) is 10.4. The monoisotopic (exact) mass is 386 g/mol. The molecule has 0 amide bonds. The molecule has 0 aromatic heterocycles. The number of nitrogens with zero attached hydrogens (tertiary/aromatic N) is 8. The summed E-state index contributed by atoms with van der Waals surface area (Å²) in [5.41, 5.74) is 0. The molecule has 0 saturated carbocycles. The molecule has 26 heavy (non-hydrogen) atoms. The maximum Gasteiger partial charge on any atom is 0.473 e. The molecule has 0 radical (unpaired) electrons. The lowest BCUT2D eigenvalue weighted by Crippen LogP contribution is -2.50.